The molecular formula is C21H32N2O10. The summed E-state index contributed by atoms with van der Waals surface area (Å²) in [5, 5.41) is 3.12. The number of amides is 3. The van der Waals surface area contributed by atoms with E-state index >= 15 is 0 Å². The first-order valence-corrected chi connectivity index (χ1v) is 10.9. The van der Waals surface area contributed by atoms with E-state index in [1.54, 1.807) is 0 Å². The number of hydrogen-bond donors (Lipinski definition) is 1. The molecule has 2 aliphatic rings. The molecule has 12 nitrogen and oxygen atoms in total. The van der Waals surface area contributed by atoms with Crippen LogP contribution in [0.15, 0.2) is 11.6 Å². The van der Waals surface area contributed by atoms with Gasteiger partial charge in [0.2, 0.25) is 0 Å². The van der Waals surface area contributed by atoms with E-state index in [4.69, 9.17) is 28.5 Å². The van der Waals surface area contributed by atoms with Crippen LogP contribution in [0.4, 0.5) is 4.79 Å². The normalized spacial score (nSPS) is 17.2. The molecule has 12 heteroatoms. The summed E-state index contributed by atoms with van der Waals surface area (Å²) in [6.45, 7) is 5.41. The van der Waals surface area contributed by atoms with Gasteiger partial charge in [0.15, 0.2) is 0 Å². The second-order valence-electron chi connectivity index (χ2n) is 7.29. The average molecular weight is 472 g/mol. The Morgan fingerprint density at radius 3 is 1.97 bits per heavy atom. The maximum Gasteiger partial charge on any atom is 0.407 e. The topological polar surface area (TPSA) is 139 Å². The van der Waals surface area contributed by atoms with Gasteiger partial charge in [0, 0.05) is 25.3 Å². The van der Waals surface area contributed by atoms with E-state index in [1.165, 1.54) is 5.57 Å². The van der Waals surface area contributed by atoms with Crippen LogP contribution in [0.3, 0.4) is 0 Å². The molecule has 33 heavy (non-hydrogen) atoms. The van der Waals surface area contributed by atoms with Gasteiger partial charge in [-0.15, -0.1) is 5.06 Å². The van der Waals surface area contributed by atoms with E-state index in [2.05, 4.69) is 5.32 Å². The maximum atomic E-state index is 11.6. The van der Waals surface area contributed by atoms with Crippen LogP contribution in [0.25, 0.3) is 0 Å². The van der Waals surface area contributed by atoms with Crippen molar-refractivity contribution in [3.8, 4) is 0 Å². The minimum Gasteiger partial charge on any atom is -0.449 e. The number of imide groups is 1. The molecule has 0 bridgehead atoms. The summed E-state index contributed by atoms with van der Waals surface area (Å²) in [5.74, 6) is -1.42. The van der Waals surface area contributed by atoms with Gasteiger partial charge in [0.25, 0.3) is 11.8 Å². The maximum absolute atomic E-state index is 11.6. The lowest BCUT2D eigenvalue weighted by molar-refractivity contribution is -0.198. The third kappa shape index (κ3) is 11.8. The van der Waals surface area contributed by atoms with Crippen LogP contribution in [0, 0.1) is 5.92 Å². The number of ether oxygens (including phenoxy) is 5. The molecule has 1 aliphatic carbocycles. The van der Waals surface area contributed by atoms with E-state index in [9.17, 15) is 19.2 Å². The molecule has 1 unspecified atom stereocenters. The van der Waals surface area contributed by atoms with Gasteiger partial charge in [-0.2, -0.15) is 0 Å². The number of hydrogen-bond acceptors (Lipinski definition) is 10. The van der Waals surface area contributed by atoms with Gasteiger partial charge in [0.05, 0.1) is 59.3 Å². The first kappa shape index (κ1) is 26.7. The zero-order valence-corrected chi connectivity index (χ0v) is 18.9. The molecule has 0 aromatic heterocycles. The van der Waals surface area contributed by atoms with Gasteiger partial charge in [-0.3, -0.25) is 9.59 Å². The predicted octanol–water partition coefficient (Wildman–Crippen LogP) is 0.352. The van der Waals surface area contributed by atoms with Gasteiger partial charge in [-0.1, -0.05) is 11.6 Å². The molecule has 3 amide bonds. The van der Waals surface area contributed by atoms with E-state index < -0.39 is 23.9 Å². The van der Waals surface area contributed by atoms with Crippen LogP contribution in [-0.4, -0.2) is 94.9 Å². The summed E-state index contributed by atoms with van der Waals surface area (Å²) in [7, 11) is 0. The number of hydroxylamine groups is 2. The fourth-order valence-corrected chi connectivity index (χ4v) is 2.61. The fourth-order valence-electron chi connectivity index (χ4n) is 2.61. The van der Waals surface area contributed by atoms with Crippen molar-refractivity contribution in [3.63, 3.8) is 0 Å². The zero-order valence-electron chi connectivity index (χ0n) is 18.9. The minimum absolute atomic E-state index is 0.0602. The second kappa shape index (κ2) is 15.3. The van der Waals surface area contributed by atoms with Crippen LogP contribution >= 0.6 is 0 Å². The van der Waals surface area contributed by atoms with E-state index in [0.717, 1.165) is 0 Å². The standard InChI is InChI=1S/C21H32N2O10/c1-16-14-17(16)15-32-21(27)22-5-7-29-9-11-31-13-12-30-10-8-28-6-4-20(26)33-23-18(24)2-3-19(23)25/h14,17H,2-13,15H2,1H3,(H,22,27). The molecule has 0 spiro atoms. The van der Waals surface area contributed by atoms with Crippen molar-refractivity contribution in [2.24, 2.45) is 5.92 Å². The molecular weight excluding hydrogens is 440 g/mol. The molecule has 0 aromatic carbocycles. The largest absolute Gasteiger partial charge is 0.449 e. The number of carbonyl (C=O) groups is 4. The molecule has 1 atom stereocenters. The van der Waals surface area contributed by atoms with Crippen LogP contribution < -0.4 is 5.32 Å². The SMILES string of the molecule is CC1=CC1COC(=O)NCCOCCOCCOCCOCCC(=O)ON1C(=O)CCC1=O. The summed E-state index contributed by atoms with van der Waals surface area (Å²) >= 11 is 0. The number of carbonyl (C=O) groups excluding carboxylic acids is 4. The van der Waals surface area contributed by atoms with E-state index in [1.807, 2.05) is 13.0 Å². The second-order valence-corrected chi connectivity index (χ2v) is 7.29. The molecule has 1 aliphatic heterocycles. The van der Waals surface area contributed by atoms with Gasteiger partial charge in [-0.25, -0.2) is 9.59 Å². The Balaban J connectivity index is 1.26. The summed E-state index contributed by atoms with van der Waals surface area (Å²) in [6.07, 6.45) is 1.65. The monoisotopic (exact) mass is 472 g/mol. The lowest BCUT2D eigenvalue weighted by atomic mass is 10.3. The van der Waals surface area contributed by atoms with Gasteiger partial charge in [0.1, 0.15) is 6.61 Å². The van der Waals surface area contributed by atoms with Crippen LogP contribution in [-0.2, 0) is 42.9 Å². The van der Waals surface area contributed by atoms with Crippen LogP contribution in [0.2, 0.25) is 0 Å². The molecule has 1 saturated heterocycles. The molecule has 186 valence electrons. The molecule has 0 aromatic rings. The molecule has 0 saturated carbocycles. The predicted molar refractivity (Wildman–Crippen MR) is 112 cm³/mol. The number of alkyl carbamates (subject to hydrolysis) is 1. The van der Waals surface area contributed by atoms with Crippen LogP contribution in [0.1, 0.15) is 26.2 Å². The summed E-state index contributed by atoms with van der Waals surface area (Å²) < 4.78 is 26.3. The third-order valence-corrected chi connectivity index (χ3v) is 4.61. The van der Waals surface area contributed by atoms with Crippen LogP contribution in [0.5, 0.6) is 0 Å². The van der Waals surface area contributed by atoms with Gasteiger partial charge < -0.3 is 33.8 Å². The van der Waals surface area contributed by atoms with Gasteiger partial charge >= 0.3 is 12.1 Å². The Hall–Kier alpha value is -2.54. The summed E-state index contributed by atoms with van der Waals surface area (Å²) in [5.41, 5.74) is 1.25. The van der Waals surface area contributed by atoms with Gasteiger partial charge in [-0.05, 0) is 6.92 Å². The zero-order chi connectivity index (χ0) is 23.9. The Labute approximate surface area is 192 Å². The van der Waals surface area contributed by atoms with Crippen molar-refractivity contribution in [1.29, 1.82) is 0 Å². The van der Waals surface area contributed by atoms with E-state index in [-0.39, 0.29) is 32.5 Å². The highest BCUT2D eigenvalue weighted by Crippen LogP contribution is 2.27. The Morgan fingerprint density at radius 2 is 1.42 bits per heavy atom. The molecule has 0 radical (unpaired) electrons. The minimum atomic E-state index is -0.702. The average Bonchev–Trinajstić information content (AvgIpc) is 3.42. The Bertz CT molecular complexity index is 681. The van der Waals surface area contributed by atoms with Crippen molar-refractivity contribution in [1.82, 2.24) is 10.4 Å². The lowest BCUT2D eigenvalue weighted by Gasteiger charge is -2.12. The quantitative estimate of drug-likeness (QED) is 0.169. The number of nitrogens with zero attached hydrogens (tertiary/aromatic N) is 1. The molecule has 1 N–H and O–H groups in total. The first-order valence-electron chi connectivity index (χ1n) is 10.9. The fraction of sp³-hybridized carbons (Fsp3) is 0.714. The van der Waals surface area contributed by atoms with E-state index in [0.29, 0.717) is 63.8 Å². The molecule has 1 heterocycles. The van der Waals surface area contributed by atoms with Crippen molar-refractivity contribution < 1.29 is 47.7 Å². The summed E-state index contributed by atoms with van der Waals surface area (Å²) in [6, 6.07) is 0. The number of nitrogens with one attached hydrogen (secondary N) is 1. The molecule has 2 rings (SSSR count). The lowest BCUT2D eigenvalue weighted by Crippen LogP contribution is -2.32. The number of rotatable bonds is 18. The highest BCUT2D eigenvalue weighted by atomic mass is 16.7. The smallest absolute Gasteiger partial charge is 0.407 e. The van der Waals surface area contributed by atoms with Crippen molar-refractivity contribution >= 4 is 23.9 Å². The Kier molecular flexibility index (Phi) is 12.4. The third-order valence-electron chi connectivity index (χ3n) is 4.61. The molecule has 1 fully saturated rings. The van der Waals surface area contributed by atoms with Crippen molar-refractivity contribution in [2.45, 2.75) is 26.2 Å². The first-order chi connectivity index (χ1) is 16.0. The van der Waals surface area contributed by atoms with Crippen molar-refractivity contribution in [3.05, 3.63) is 11.6 Å². The van der Waals surface area contributed by atoms with Crippen molar-refractivity contribution in [2.75, 3.05) is 66.0 Å². The highest BCUT2D eigenvalue weighted by Gasteiger charge is 2.32. The Morgan fingerprint density at radius 1 is 0.909 bits per heavy atom. The highest BCUT2D eigenvalue weighted by molar-refractivity contribution is 6.01. The summed E-state index contributed by atoms with van der Waals surface area (Å²) in [4.78, 5) is 50.4.